The van der Waals surface area contributed by atoms with Crippen molar-refractivity contribution in [1.82, 2.24) is 9.71 Å². The maximum absolute atomic E-state index is 12.1. The van der Waals surface area contributed by atoms with Gasteiger partial charge >= 0.3 is 0 Å². The zero-order valence-electron chi connectivity index (χ0n) is 9.93. The van der Waals surface area contributed by atoms with E-state index in [1.54, 1.807) is 6.92 Å². The van der Waals surface area contributed by atoms with Crippen LogP contribution >= 0.6 is 11.3 Å². The average Bonchev–Trinajstić information content (AvgIpc) is 2.41. The number of thiazole rings is 1. The van der Waals surface area contributed by atoms with Crippen molar-refractivity contribution in [3.63, 3.8) is 0 Å². The largest absolute Gasteiger partial charge is 0.375 e. The van der Waals surface area contributed by atoms with E-state index in [4.69, 9.17) is 5.73 Å². The number of aromatic nitrogens is 1. The maximum atomic E-state index is 12.1. The number of aryl methyl sites for hydroxylation is 1. The Hall–Kier alpha value is -0.660. The summed E-state index contributed by atoms with van der Waals surface area (Å²) in [4.78, 5) is 3.94. The van der Waals surface area contributed by atoms with E-state index in [2.05, 4.69) is 9.71 Å². The van der Waals surface area contributed by atoms with Gasteiger partial charge in [0.25, 0.3) is 10.0 Å². The lowest BCUT2D eigenvalue weighted by Gasteiger charge is -2.31. The molecule has 0 saturated heterocycles. The Morgan fingerprint density at radius 1 is 1.53 bits per heavy atom. The van der Waals surface area contributed by atoms with Gasteiger partial charge in [0.15, 0.2) is 9.34 Å². The lowest BCUT2D eigenvalue weighted by atomic mass is 9.81. The SMILES string of the molecule is Cc1nc(N)sc1S(=O)(=O)NC(C)C1CCC1. The molecule has 96 valence electrons. The van der Waals surface area contributed by atoms with E-state index in [1.807, 2.05) is 6.92 Å². The molecule has 2 rings (SSSR count). The zero-order valence-corrected chi connectivity index (χ0v) is 11.6. The van der Waals surface area contributed by atoms with Crippen LogP contribution in [0.3, 0.4) is 0 Å². The van der Waals surface area contributed by atoms with E-state index in [-0.39, 0.29) is 10.3 Å². The fourth-order valence-electron chi connectivity index (χ4n) is 1.99. The van der Waals surface area contributed by atoms with Gasteiger partial charge in [0.1, 0.15) is 0 Å². The number of rotatable bonds is 4. The molecule has 3 N–H and O–H groups in total. The van der Waals surface area contributed by atoms with Crippen LogP contribution in [0, 0.1) is 12.8 Å². The molecule has 5 nitrogen and oxygen atoms in total. The second-order valence-corrected chi connectivity index (χ2v) is 7.47. The van der Waals surface area contributed by atoms with E-state index in [1.165, 1.54) is 6.42 Å². The predicted molar refractivity (Wildman–Crippen MR) is 68.4 cm³/mol. The summed E-state index contributed by atoms with van der Waals surface area (Å²) < 4.78 is 27.2. The quantitative estimate of drug-likeness (QED) is 0.872. The van der Waals surface area contributed by atoms with E-state index in [0.717, 1.165) is 24.2 Å². The number of nitrogens with zero attached hydrogens (tertiary/aromatic N) is 1. The fourth-order valence-corrected chi connectivity index (χ4v) is 4.61. The highest BCUT2D eigenvalue weighted by Crippen LogP contribution is 2.31. The Morgan fingerprint density at radius 3 is 2.59 bits per heavy atom. The summed E-state index contributed by atoms with van der Waals surface area (Å²) in [6, 6.07) is -0.0172. The molecule has 0 amide bonds. The third-order valence-corrected chi connectivity index (χ3v) is 6.37. The van der Waals surface area contributed by atoms with E-state index < -0.39 is 10.0 Å². The molecule has 0 bridgehead atoms. The smallest absolute Gasteiger partial charge is 0.252 e. The highest BCUT2D eigenvalue weighted by Gasteiger charge is 2.29. The van der Waals surface area contributed by atoms with Gasteiger partial charge in [-0.1, -0.05) is 17.8 Å². The molecule has 1 unspecified atom stereocenters. The molecular weight excluding hydrogens is 258 g/mol. The Labute approximate surface area is 105 Å². The maximum Gasteiger partial charge on any atom is 0.252 e. The van der Waals surface area contributed by atoms with Crippen LogP contribution in [0.2, 0.25) is 0 Å². The van der Waals surface area contributed by atoms with Crippen molar-refractivity contribution < 1.29 is 8.42 Å². The van der Waals surface area contributed by atoms with Gasteiger partial charge in [0.2, 0.25) is 0 Å². The van der Waals surface area contributed by atoms with Gasteiger partial charge in [0, 0.05) is 6.04 Å². The molecular formula is C10H17N3O2S2. The molecule has 1 aliphatic rings. The van der Waals surface area contributed by atoms with Crippen molar-refractivity contribution >= 4 is 26.5 Å². The lowest BCUT2D eigenvalue weighted by molar-refractivity contribution is 0.260. The van der Waals surface area contributed by atoms with Gasteiger partial charge in [0.05, 0.1) is 5.69 Å². The molecule has 1 fully saturated rings. The number of nitrogen functional groups attached to an aromatic ring is 1. The van der Waals surface area contributed by atoms with Crippen LogP contribution in [0.4, 0.5) is 5.13 Å². The fraction of sp³-hybridized carbons (Fsp3) is 0.700. The standard InChI is InChI=1S/C10H17N3O2S2/c1-6(8-4-3-5-8)13-17(14,15)9-7(2)12-10(11)16-9/h6,8,13H,3-5H2,1-2H3,(H2,11,12). The highest BCUT2D eigenvalue weighted by molar-refractivity contribution is 7.91. The van der Waals surface area contributed by atoms with E-state index >= 15 is 0 Å². The molecule has 17 heavy (non-hydrogen) atoms. The number of sulfonamides is 1. The molecule has 1 saturated carbocycles. The van der Waals surface area contributed by atoms with Crippen molar-refractivity contribution in [2.24, 2.45) is 5.92 Å². The molecule has 1 aromatic rings. The van der Waals surface area contributed by atoms with Crippen LogP contribution in [0.15, 0.2) is 4.21 Å². The number of nitrogens with one attached hydrogen (secondary N) is 1. The second-order valence-electron chi connectivity index (χ2n) is 4.53. The van der Waals surface area contributed by atoms with E-state index in [0.29, 0.717) is 16.7 Å². The number of nitrogens with two attached hydrogens (primary N) is 1. The summed E-state index contributed by atoms with van der Waals surface area (Å²) >= 11 is 1.02. The Bertz CT molecular complexity index is 506. The minimum Gasteiger partial charge on any atom is -0.375 e. The second kappa shape index (κ2) is 4.55. The van der Waals surface area contributed by atoms with Crippen molar-refractivity contribution in [2.75, 3.05) is 5.73 Å². The Balaban J connectivity index is 2.15. The minimum atomic E-state index is -3.46. The van der Waals surface area contributed by atoms with Gasteiger partial charge in [-0.2, -0.15) is 0 Å². The number of hydrogen-bond donors (Lipinski definition) is 2. The first-order valence-electron chi connectivity index (χ1n) is 5.65. The summed E-state index contributed by atoms with van der Waals surface area (Å²) in [5, 5.41) is 0.291. The Morgan fingerprint density at radius 2 is 2.18 bits per heavy atom. The molecule has 1 aromatic heterocycles. The Kier molecular flexibility index (Phi) is 3.42. The molecule has 1 heterocycles. The third kappa shape index (κ3) is 2.61. The van der Waals surface area contributed by atoms with Gasteiger partial charge in [-0.3, -0.25) is 0 Å². The molecule has 1 atom stereocenters. The van der Waals surface area contributed by atoms with E-state index in [9.17, 15) is 8.42 Å². The highest BCUT2D eigenvalue weighted by atomic mass is 32.2. The third-order valence-electron chi connectivity index (χ3n) is 3.21. The summed E-state index contributed by atoms with van der Waals surface area (Å²) in [5.41, 5.74) is 5.99. The van der Waals surface area contributed by atoms with Crippen LogP contribution in [-0.2, 0) is 10.0 Å². The number of anilines is 1. The lowest BCUT2D eigenvalue weighted by Crippen LogP contribution is -2.40. The monoisotopic (exact) mass is 275 g/mol. The molecule has 1 aliphatic carbocycles. The van der Waals surface area contributed by atoms with Crippen LogP contribution in [0.25, 0.3) is 0 Å². The minimum absolute atomic E-state index is 0.0172. The van der Waals surface area contributed by atoms with Gasteiger partial charge in [-0.15, -0.1) is 0 Å². The normalized spacial score (nSPS) is 18.9. The van der Waals surface area contributed by atoms with Gasteiger partial charge in [-0.05, 0) is 32.6 Å². The number of hydrogen-bond acceptors (Lipinski definition) is 5. The van der Waals surface area contributed by atoms with Crippen LogP contribution in [0.1, 0.15) is 31.9 Å². The van der Waals surface area contributed by atoms with Crippen LogP contribution in [-0.4, -0.2) is 19.4 Å². The molecule has 0 spiro atoms. The first-order chi connectivity index (χ1) is 7.90. The molecule has 7 heteroatoms. The van der Waals surface area contributed by atoms with Crippen LogP contribution in [0.5, 0.6) is 0 Å². The molecule has 0 radical (unpaired) electrons. The summed E-state index contributed by atoms with van der Waals surface area (Å²) in [5.74, 6) is 0.468. The van der Waals surface area contributed by atoms with Crippen molar-refractivity contribution in [3.8, 4) is 0 Å². The van der Waals surface area contributed by atoms with Gasteiger partial charge in [-0.25, -0.2) is 18.1 Å². The average molecular weight is 275 g/mol. The summed E-state index contributed by atoms with van der Waals surface area (Å²) in [6.07, 6.45) is 3.41. The first kappa shape index (κ1) is 12.8. The predicted octanol–water partition coefficient (Wildman–Crippen LogP) is 1.50. The molecule has 0 aromatic carbocycles. The zero-order chi connectivity index (χ0) is 12.6. The first-order valence-corrected chi connectivity index (χ1v) is 7.95. The topological polar surface area (TPSA) is 85.1 Å². The summed E-state index contributed by atoms with van der Waals surface area (Å²) in [6.45, 7) is 3.58. The van der Waals surface area contributed by atoms with Crippen LogP contribution < -0.4 is 10.5 Å². The molecule has 0 aliphatic heterocycles. The van der Waals surface area contributed by atoms with Gasteiger partial charge < -0.3 is 5.73 Å². The summed E-state index contributed by atoms with van der Waals surface area (Å²) in [7, 11) is -3.46. The van der Waals surface area contributed by atoms with Crippen molar-refractivity contribution in [3.05, 3.63) is 5.69 Å². The van der Waals surface area contributed by atoms with Crippen molar-refractivity contribution in [1.29, 1.82) is 0 Å². The van der Waals surface area contributed by atoms with Crippen molar-refractivity contribution in [2.45, 2.75) is 43.4 Å².